The Labute approximate surface area is 123 Å². The van der Waals surface area contributed by atoms with Gasteiger partial charge in [0.05, 0.1) is 18.8 Å². The summed E-state index contributed by atoms with van der Waals surface area (Å²) in [5.74, 6) is 1.36. The lowest BCUT2D eigenvalue weighted by Gasteiger charge is -2.08. The molecule has 0 N–H and O–H groups in total. The minimum atomic E-state index is -0.394. The highest BCUT2D eigenvalue weighted by molar-refractivity contribution is 5.89. The summed E-state index contributed by atoms with van der Waals surface area (Å²) >= 11 is 0. The first-order chi connectivity index (χ1) is 10.2. The summed E-state index contributed by atoms with van der Waals surface area (Å²) in [4.78, 5) is 15.6. The van der Waals surface area contributed by atoms with Crippen LogP contribution >= 0.6 is 0 Å². The van der Waals surface area contributed by atoms with Crippen molar-refractivity contribution in [2.75, 3.05) is 13.2 Å². The first-order valence-corrected chi connectivity index (χ1v) is 6.76. The Bertz CT molecular complexity index is 595. The normalized spacial score (nSPS) is 10.0. The fourth-order valence-corrected chi connectivity index (χ4v) is 1.69. The number of nitrogens with zero attached hydrogens (tertiary/aromatic N) is 1. The molecular formula is C16H17NO4. The molecule has 1 aromatic heterocycles. The molecule has 21 heavy (non-hydrogen) atoms. The fourth-order valence-electron chi connectivity index (χ4n) is 1.69. The van der Waals surface area contributed by atoms with Gasteiger partial charge >= 0.3 is 5.97 Å². The highest BCUT2D eigenvalue weighted by atomic mass is 16.5. The van der Waals surface area contributed by atoms with Gasteiger partial charge in [-0.05, 0) is 32.0 Å². The number of carbonyl (C=O) groups excluding carboxylic acids is 1. The Balaban J connectivity index is 2.06. The topological polar surface area (TPSA) is 57.7 Å². The molecular weight excluding hydrogens is 270 g/mol. The van der Waals surface area contributed by atoms with Gasteiger partial charge < -0.3 is 14.2 Å². The second-order valence-electron chi connectivity index (χ2n) is 4.12. The molecule has 5 nitrogen and oxygen atoms in total. The van der Waals surface area contributed by atoms with E-state index in [9.17, 15) is 4.79 Å². The molecule has 0 atom stereocenters. The number of hydrogen-bond donors (Lipinski definition) is 0. The van der Waals surface area contributed by atoms with Crippen LogP contribution in [-0.4, -0.2) is 24.2 Å². The van der Waals surface area contributed by atoms with Gasteiger partial charge in [0.2, 0.25) is 5.88 Å². The third kappa shape index (κ3) is 4.21. The van der Waals surface area contributed by atoms with Crippen molar-refractivity contribution in [1.82, 2.24) is 4.98 Å². The van der Waals surface area contributed by atoms with Gasteiger partial charge in [-0.3, -0.25) is 0 Å². The van der Waals surface area contributed by atoms with Crippen LogP contribution in [0.15, 0.2) is 42.6 Å². The van der Waals surface area contributed by atoms with Crippen LogP contribution in [0.4, 0.5) is 0 Å². The van der Waals surface area contributed by atoms with Crippen molar-refractivity contribution in [1.29, 1.82) is 0 Å². The zero-order valence-corrected chi connectivity index (χ0v) is 12.0. The SMILES string of the molecule is CCOC(=O)c1ccc(Oc2cccc(OCC)c2)nc1. The van der Waals surface area contributed by atoms with Crippen LogP contribution in [-0.2, 0) is 4.74 Å². The van der Waals surface area contributed by atoms with Crippen LogP contribution in [0.1, 0.15) is 24.2 Å². The van der Waals surface area contributed by atoms with E-state index in [1.54, 1.807) is 25.1 Å². The number of carbonyl (C=O) groups is 1. The predicted molar refractivity (Wildman–Crippen MR) is 77.9 cm³/mol. The Hall–Kier alpha value is -2.56. The number of esters is 1. The summed E-state index contributed by atoms with van der Waals surface area (Å²) in [7, 11) is 0. The van der Waals surface area contributed by atoms with E-state index < -0.39 is 5.97 Å². The molecule has 1 heterocycles. The molecule has 110 valence electrons. The summed E-state index contributed by atoms with van der Waals surface area (Å²) in [5, 5.41) is 0. The van der Waals surface area contributed by atoms with Crippen molar-refractivity contribution in [2.45, 2.75) is 13.8 Å². The quantitative estimate of drug-likeness (QED) is 0.762. The molecule has 2 aromatic rings. The average molecular weight is 287 g/mol. The van der Waals surface area contributed by atoms with Crippen molar-refractivity contribution in [3.05, 3.63) is 48.2 Å². The number of pyridine rings is 1. The molecule has 0 fully saturated rings. The van der Waals surface area contributed by atoms with Gasteiger partial charge in [0.15, 0.2) is 0 Å². The number of ether oxygens (including phenoxy) is 3. The van der Waals surface area contributed by atoms with E-state index in [1.807, 2.05) is 25.1 Å². The van der Waals surface area contributed by atoms with E-state index in [0.717, 1.165) is 5.75 Å². The van der Waals surface area contributed by atoms with Crippen molar-refractivity contribution < 1.29 is 19.0 Å². The molecule has 2 rings (SSSR count). The van der Waals surface area contributed by atoms with Crippen LogP contribution < -0.4 is 9.47 Å². The molecule has 0 aliphatic carbocycles. The van der Waals surface area contributed by atoms with Gasteiger partial charge in [0.1, 0.15) is 11.5 Å². The van der Waals surface area contributed by atoms with Gasteiger partial charge in [-0.2, -0.15) is 0 Å². The summed E-state index contributed by atoms with van der Waals surface area (Å²) in [6, 6.07) is 10.5. The van der Waals surface area contributed by atoms with E-state index in [4.69, 9.17) is 14.2 Å². The molecule has 0 unspecified atom stereocenters. The molecule has 0 aliphatic heterocycles. The predicted octanol–water partition coefficient (Wildman–Crippen LogP) is 3.45. The van der Waals surface area contributed by atoms with E-state index in [2.05, 4.69) is 4.98 Å². The number of hydrogen-bond acceptors (Lipinski definition) is 5. The third-order valence-electron chi connectivity index (χ3n) is 2.59. The Kier molecular flexibility index (Phi) is 5.15. The Morgan fingerprint density at radius 3 is 2.57 bits per heavy atom. The van der Waals surface area contributed by atoms with Gasteiger partial charge in [-0.25, -0.2) is 9.78 Å². The molecule has 0 spiro atoms. The first-order valence-electron chi connectivity index (χ1n) is 6.76. The highest BCUT2D eigenvalue weighted by Crippen LogP contribution is 2.24. The van der Waals surface area contributed by atoms with Crippen LogP contribution in [0, 0.1) is 0 Å². The maximum atomic E-state index is 11.5. The standard InChI is InChI=1S/C16H17NO4/c1-3-19-13-6-5-7-14(10-13)21-15-9-8-12(11-17-15)16(18)20-4-2/h5-11H,3-4H2,1-2H3. The van der Waals surface area contributed by atoms with Crippen LogP contribution in [0.5, 0.6) is 17.4 Å². The van der Waals surface area contributed by atoms with E-state index in [0.29, 0.717) is 30.4 Å². The third-order valence-corrected chi connectivity index (χ3v) is 2.59. The summed E-state index contributed by atoms with van der Waals surface area (Å²) in [5.41, 5.74) is 0.396. The van der Waals surface area contributed by atoms with Gasteiger partial charge in [0.25, 0.3) is 0 Å². The Morgan fingerprint density at radius 2 is 1.90 bits per heavy atom. The van der Waals surface area contributed by atoms with Crippen LogP contribution in [0.3, 0.4) is 0 Å². The molecule has 0 radical (unpaired) electrons. The molecule has 0 saturated carbocycles. The van der Waals surface area contributed by atoms with E-state index >= 15 is 0 Å². The number of rotatable bonds is 6. The van der Waals surface area contributed by atoms with Crippen molar-refractivity contribution in [2.24, 2.45) is 0 Å². The van der Waals surface area contributed by atoms with Gasteiger partial charge in [0, 0.05) is 18.3 Å². The molecule has 0 aliphatic rings. The Morgan fingerprint density at radius 1 is 1.10 bits per heavy atom. The lowest BCUT2D eigenvalue weighted by Crippen LogP contribution is -2.04. The molecule has 1 aromatic carbocycles. The first kappa shape index (κ1) is 14.8. The second kappa shape index (κ2) is 7.28. The lowest BCUT2D eigenvalue weighted by atomic mass is 10.3. The largest absolute Gasteiger partial charge is 0.494 e. The number of benzene rings is 1. The number of aromatic nitrogens is 1. The van der Waals surface area contributed by atoms with E-state index in [1.165, 1.54) is 6.20 Å². The summed E-state index contributed by atoms with van der Waals surface area (Å²) in [6.45, 7) is 4.61. The molecule has 0 amide bonds. The van der Waals surface area contributed by atoms with E-state index in [-0.39, 0.29) is 0 Å². The monoisotopic (exact) mass is 287 g/mol. The lowest BCUT2D eigenvalue weighted by molar-refractivity contribution is 0.0526. The minimum Gasteiger partial charge on any atom is -0.494 e. The average Bonchev–Trinajstić information content (AvgIpc) is 2.49. The molecule has 0 saturated heterocycles. The molecule has 0 bridgehead atoms. The zero-order valence-electron chi connectivity index (χ0n) is 12.0. The zero-order chi connectivity index (χ0) is 15.1. The summed E-state index contributed by atoms with van der Waals surface area (Å²) < 4.78 is 15.9. The van der Waals surface area contributed by atoms with Crippen molar-refractivity contribution in [3.8, 4) is 17.4 Å². The van der Waals surface area contributed by atoms with Crippen LogP contribution in [0.2, 0.25) is 0 Å². The van der Waals surface area contributed by atoms with Crippen molar-refractivity contribution in [3.63, 3.8) is 0 Å². The van der Waals surface area contributed by atoms with Crippen LogP contribution in [0.25, 0.3) is 0 Å². The second-order valence-corrected chi connectivity index (χ2v) is 4.12. The maximum absolute atomic E-state index is 11.5. The summed E-state index contributed by atoms with van der Waals surface area (Å²) in [6.07, 6.45) is 1.43. The van der Waals surface area contributed by atoms with Gasteiger partial charge in [-0.1, -0.05) is 6.07 Å². The fraction of sp³-hybridized carbons (Fsp3) is 0.250. The van der Waals surface area contributed by atoms with Gasteiger partial charge in [-0.15, -0.1) is 0 Å². The molecule has 5 heteroatoms. The van der Waals surface area contributed by atoms with Crippen molar-refractivity contribution >= 4 is 5.97 Å². The minimum absolute atomic E-state index is 0.335. The maximum Gasteiger partial charge on any atom is 0.339 e. The smallest absolute Gasteiger partial charge is 0.339 e. The highest BCUT2D eigenvalue weighted by Gasteiger charge is 2.07.